The fraction of sp³-hybridized carbons (Fsp3) is 0.441. The highest BCUT2D eigenvalue weighted by atomic mass is 19.4. The largest absolute Gasteiger partial charge is 0.489 e. The molecule has 53 heavy (non-hydrogen) atoms. The van der Waals surface area contributed by atoms with E-state index in [1.165, 1.54) is 24.1 Å². The quantitative estimate of drug-likeness (QED) is 0.235. The van der Waals surface area contributed by atoms with Crippen molar-refractivity contribution in [3.05, 3.63) is 71.2 Å². The fourth-order valence-corrected chi connectivity index (χ4v) is 6.65. The average Bonchev–Trinajstić information content (AvgIpc) is 3.52. The van der Waals surface area contributed by atoms with Crippen LogP contribution in [0.5, 0.6) is 5.75 Å². The zero-order chi connectivity index (χ0) is 38.3. The van der Waals surface area contributed by atoms with Gasteiger partial charge >= 0.3 is 12.4 Å². The van der Waals surface area contributed by atoms with E-state index in [0.29, 0.717) is 63.8 Å². The second-order valence-corrected chi connectivity index (χ2v) is 12.9. The Morgan fingerprint density at radius 1 is 0.981 bits per heavy atom. The Bertz CT molecular complexity index is 1900. The van der Waals surface area contributed by atoms with Crippen LogP contribution in [-0.2, 0) is 38.0 Å². The maximum absolute atomic E-state index is 15.5. The molecule has 19 heteroatoms. The normalized spacial score (nSPS) is 21.5. The number of nitrogens with one attached hydrogen (secondary N) is 1. The zero-order valence-corrected chi connectivity index (χ0v) is 28.0. The topological polar surface area (TPSA) is 117 Å². The molecule has 2 amide bonds. The predicted octanol–water partition coefficient (Wildman–Crippen LogP) is 5.11. The number of amides is 2. The molecule has 2 atom stereocenters. The molecule has 3 aromatic rings. The lowest BCUT2D eigenvalue weighted by molar-refractivity contribution is -0.184. The number of alkyl halides is 6. The summed E-state index contributed by atoms with van der Waals surface area (Å²) < 4.78 is 123. The van der Waals surface area contributed by atoms with E-state index in [0.717, 1.165) is 11.1 Å². The molecule has 0 spiro atoms. The highest BCUT2D eigenvalue weighted by Gasteiger charge is 2.58. The zero-order valence-electron chi connectivity index (χ0n) is 28.0. The lowest BCUT2D eigenvalue weighted by atomic mass is 9.82. The number of hydrogen-bond acceptors (Lipinski definition) is 9. The monoisotopic (exact) mass is 756 g/mol. The van der Waals surface area contributed by atoms with Gasteiger partial charge in [-0.1, -0.05) is 6.07 Å². The fourth-order valence-electron chi connectivity index (χ4n) is 6.65. The number of benzene rings is 2. The summed E-state index contributed by atoms with van der Waals surface area (Å²) in [6.45, 7) is 3.93. The number of hydrogen-bond donors (Lipinski definition) is 1. The van der Waals surface area contributed by atoms with Gasteiger partial charge in [-0.2, -0.15) is 30.7 Å². The molecule has 1 unspecified atom stereocenters. The highest BCUT2D eigenvalue weighted by Crippen LogP contribution is 2.41. The number of fused-ring (bicyclic) bond motifs is 1. The predicted molar refractivity (Wildman–Crippen MR) is 169 cm³/mol. The number of ether oxygens (including phenoxy) is 2. The average molecular weight is 757 g/mol. The van der Waals surface area contributed by atoms with Crippen molar-refractivity contribution in [2.75, 3.05) is 51.3 Å². The number of aromatic nitrogens is 2. The molecule has 0 bridgehead atoms. The minimum Gasteiger partial charge on any atom is -0.489 e. The molecule has 3 aliphatic rings. The number of carbonyl (C=O) groups excluding carboxylic acids is 3. The third-order valence-electron chi connectivity index (χ3n) is 9.51. The van der Waals surface area contributed by atoms with Crippen LogP contribution in [0.1, 0.15) is 36.6 Å². The van der Waals surface area contributed by atoms with Crippen LogP contribution in [0, 0.1) is 17.6 Å². The Labute approximate surface area is 296 Å². The van der Waals surface area contributed by atoms with Crippen molar-refractivity contribution in [3.8, 4) is 17.0 Å². The van der Waals surface area contributed by atoms with E-state index in [2.05, 4.69) is 15.3 Å². The molecule has 1 N–H and O–H groups in total. The molecule has 284 valence electrons. The van der Waals surface area contributed by atoms with Gasteiger partial charge in [-0.25, -0.2) is 19.4 Å². The number of carbonyl (C=O) groups is 3. The summed E-state index contributed by atoms with van der Waals surface area (Å²) in [6.07, 6.45) is -8.91. The molecule has 3 aliphatic heterocycles. The molecule has 3 fully saturated rings. The van der Waals surface area contributed by atoms with Gasteiger partial charge in [0.1, 0.15) is 18.6 Å². The van der Waals surface area contributed by atoms with E-state index in [4.69, 9.17) is 9.47 Å². The maximum atomic E-state index is 15.5. The summed E-state index contributed by atoms with van der Waals surface area (Å²) in [5.74, 6) is -8.40. The number of rotatable bonds is 9. The first-order valence-corrected chi connectivity index (χ1v) is 16.4. The first-order chi connectivity index (χ1) is 25.0. The summed E-state index contributed by atoms with van der Waals surface area (Å²) >= 11 is 0. The maximum Gasteiger partial charge on any atom is 0.433 e. The van der Waals surface area contributed by atoms with Crippen molar-refractivity contribution in [2.45, 2.75) is 44.2 Å². The van der Waals surface area contributed by atoms with Crippen LogP contribution in [-0.4, -0.2) is 94.0 Å². The third-order valence-corrected chi connectivity index (χ3v) is 9.51. The number of anilines is 1. The molecule has 0 saturated carbocycles. The van der Waals surface area contributed by atoms with Crippen LogP contribution in [0.3, 0.4) is 0 Å². The standard InChI is InChI=1S/C34H32F8N6O5/c1-32-7-2-8-48(32)47(17-19-3-6-24(28(36)27(19)35)53-14-11-46-9-12-52-13-10-46)31(51)26(29(32)49)30(50)45-22-5-4-20(33(37,38)39)15-21(22)23-16-25(34(40,41)42)44-18-43-23/h3-6,15-16,18,26H,2,7-14,17H2,1H3,(H,45,50)/t26?,32-/m1/s1. The summed E-state index contributed by atoms with van der Waals surface area (Å²) in [4.78, 5) is 50.4. The van der Waals surface area contributed by atoms with E-state index < -0.39 is 87.8 Å². The van der Waals surface area contributed by atoms with Crippen molar-refractivity contribution in [1.29, 1.82) is 0 Å². The van der Waals surface area contributed by atoms with E-state index in [9.17, 15) is 40.7 Å². The number of Topliss-reactive ketones (excluding diaryl/α,β-unsaturated/α-hetero) is 1. The molecular formula is C34H32F8N6O5. The van der Waals surface area contributed by atoms with E-state index in [-0.39, 0.29) is 30.9 Å². The second kappa shape index (κ2) is 14.6. The Balaban J connectivity index is 1.27. The molecular weight excluding hydrogens is 724 g/mol. The molecule has 6 rings (SSSR count). The third kappa shape index (κ3) is 7.68. The van der Waals surface area contributed by atoms with Gasteiger partial charge in [0, 0.05) is 37.3 Å². The minimum absolute atomic E-state index is 0.0622. The number of nitrogens with zero attached hydrogens (tertiary/aromatic N) is 5. The molecule has 4 heterocycles. The number of ketones is 1. The minimum atomic E-state index is -4.99. The summed E-state index contributed by atoms with van der Waals surface area (Å²) in [5, 5.41) is 4.56. The first kappa shape index (κ1) is 38.0. The smallest absolute Gasteiger partial charge is 0.433 e. The Kier molecular flexibility index (Phi) is 10.5. The van der Waals surface area contributed by atoms with Gasteiger partial charge in [0.2, 0.25) is 11.7 Å². The van der Waals surface area contributed by atoms with Crippen LogP contribution in [0.4, 0.5) is 40.8 Å². The molecule has 0 radical (unpaired) electrons. The van der Waals surface area contributed by atoms with Crippen LogP contribution < -0.4 is 10.1 Å². The number of morpholine rings is 1. The lowest BCUT2D eigenvalue weighted by Gasteiger charge is -2.47. The summed E-state index contributed by atoms with van der Waals surface area (Å²) in [7, 11) is 0. The van der Waals surface area contributed by atoms with Crippen molar-refractivity contribution in [1.82, 2.24) is 24.9 Å². The number of hydrazine groups is 1. The van der Waals surface area contributed by atoms with E-state index >= 15 is 8.78 Å². The van der Waals surface area contributed by atoms with Crippen LogP contribution in [0.25, 0.3) is 11.3 Å². The van der Waals surface area contributed by atoms with Crippen LogP contribution in [0.15, 0.2) is 42.7 Å². The van der Waals surface area contributed by atoms with Crippen molar-refractivity contribution < 1.29 is 59.0 Å². The summed E-state index contributed by atoms with van der Waals surface area (Å²) in [6, 6.07) is 4.56. The molecule has 2 aromatic carbocycles. The SMILES string of the molecule is C[C@]12CCCN1N(Cc1ccc(OCCN3CCOCC3)c(F)c1F)C(=O)C(C(=O)Nc1ccc(C(F)(F)F)cc1-c1cc(C(F)(F)F)ncn1)C2=O. The lowest BCUT2D eigenvalue weighted by Crippen LogP contribution is -2.68. The second-order valence-electron chi connectivity index (χ2n) is 12.9. The van der Waals surface area contributed by atoms with Gasteiger partial charge < -0.3 is 14.8 Å². The summed E-state index contributed by atoms with van der Waals surface area (Å²) in [5.41, 5.74) is -6.26. The van der Waals surface area contributed by atoms with Gasteiger partial charge in [0.15, 0.2) is 23.3 Å². The van der Waals surface area contributed by atoms with Gasteiger partial charge in [0.25, 0.3) is 5.91 Å². The first-order valence-electron chi connectivity index (χ1n) is 16.4. The van der Waals surface area contributed by atoms with Crippen LogP contribution in [0.2, 0.25) is 0 Å². The van der Waals surface area contributed by atoms with Gasteiger partial charge in [0.05, 0.1) is 42.2 Å². The molecule has 3 saturated heterocycles. The molecule has 0 aliphatic carbocycles. The van der Waals surface area contributed by atoms with E-state index in [1.807, 2.05) is 4.90 Å². The van der Waals surface area contributed by atoms with E-state index in [1.54, 1.807) is 0 Å². The van der Waals surface area contributed by atoms with Gasteiger partial charge in [-0.15, -0.1) is 0 Å². The van der Waals surface area contributed by atoms with Gasteiger partial charge in [-0.05, 0) is 50.1 Å². The molecule has 11 nitrogen and oxygen atoms in total. The Morgan fingerprint density at radius 2 is 1.72 bits per heavy atom. The number of halogens is 8. The van der Waals surface area contributed by atoms with Gasteiger partial charge in [-0.3, -0.25) is 24.3 Å². The van der Waals surface area contributed by atoms with Crippen LogP contribution >= 0.6 is 0 Å². The highest BCUT2D eigenvalue weighted by molar-refractivity contribution is 6.24. The van der Waals surface area contributed by atoms with Crippen molar-refractivity contribution >= 4 is 23.3 Å². The molecule has 1 aromatic heterocycles. The Hall–Kier alpha value is -4.75. The van der Waals surface area contributed by atoms with Crippen molar-refractivity contribution in [2.24, 2.45) is 5.92 Å². The Morgan fingerprint density at radius 3 is 2.42 bits per heavy atom. The van der Waals surface area contributed by atoms with Crippen molar-refractivity contribution in [3.63, 3.8) is 0 Å².